The number of hydrogen-bond donors (Lipinski definition) is 0. The number of fused-ring (bicyclic) bond motifs is 2. The zero-order valence-corrected chi connectivity index (χ0v) is 28.8. The summed E-state index contributed by atoms with van der Waals surface area (Å²) >= 11 is 0. The van der Waals surface area contributed by atoms with Crippen molar-refractivity contribution in [1.29, 1.82) is 0 Å². The molecule has 0 atom stereocenters. The van der Waals surface area contributed by atoms with Gasteiger partial charge < -0.3 is 4.90 Å². The van der Waals surface area contributed by atoms with Crippen LogP contribution < -0.4 is 0 Å². The molecule has 8 rings (SSSR count). The molecule has 4 amide bonds. The monoisotopic (exact) mass is 655 g/mol. The van der Waals surface area contributed by atoms with Crippen molar-refractivity contribution >= 4 is 66.7 Å². The van der Waals surface area contributed by atoms with Crippen molar-refractivity contribution in [3.8, 4) is 0 Å². The lowest BCUT2D eigenvalue weighted by Crippen LogP contribution is -2.51. The molecular formula is C42H45N3O4. The average molecular weight is 656 g/mol. The number of rotatable bonds is 12. The molecule has 0 radical (unpaired) electrons. The first-order valence-electron chi connectivity index (χ1n) is 18.5. The molecule has 0 aliphatic carbocycles. The van der Waals surface area contributed by atoms with Crippen molar-refractivity contribution in [2.75, 3.05) is 26.7 Å². The van der Waals surface area contributed by atoms with Crippen LogP contribution in [-0.4, -0.2) is 71.1 Å². The highest BCUT2D eigenvalue weighted by Gasteiger charge is 2.40. The lowest BCUT2D eigenvalue weighted by molar-refractivity contribution is 0.0469. The predicted octanol–water partition coefficient (Wildman–Crippen LogP) is 8.94. The van der Waals surface area contributed by atoms with Crippen LogP contribution in [0.15, 0.2) is 48.5 Å². The van der Waals surface area contributed by atoms with E-state index in [1.807, 2.05) is 48.5 Å². The summed E-state index contributed by atoms with van der Waals surface area (Å²) in [6.45, 7) is 4.39. The zero-order valence-electron chi connectivity index (χ0n) is 28.8. The quantitative estimate of drug-likeness (QED) is 0.0581. The Bertz CT molecular complexity index is 2020. The fourth-order valence-corrected chi connectivity index (χ4v) is 8.88. The fourth-order valence-electron chi connectivity index (χ4n) is 8.88. The number of imide groups is 2. The first kappa shape index (κ1) is 31.9. The molecule has 49 heavy (non-hydrogen) atoms. The van der Waals surface area contributed by atoms with E-state index in [2.05, 4.69) is 18.9 Å². The Morgan fingerprint density at radius 2 is 0.898 bits per heavy atom. The number of carbonyl (C=O) groups excluding carboxylic acids is 4. The smallest absolute Gasteiger partial charge is 0.261 e. The van der Waals surface area contributed by atoms with Gasteiger partial charge >= 0.3 is 0 Å². The Morgan fingerprint density at radius 1 is 0.510 bits per heavy atom. The lowest BCUT2D eigenvalue weighted by Gasteiger charge is -2.38. The van der Waals surface area contributed by atoms with E-state index in [1.54, 1.807) is 0 Å². The number of piperidine rings is 1. The van der Waals surface area contributed by atoms with Gasteiger partial charge in [-0.2, -0.15) is 0 Å². The summed E-state index contributed by atoms with van der Waals surface area (Å²) in [4.78, 5) is 60.9. The summed E-state index contributed by atoms with van der Waals surface area (Å²) in [5.74, 6) is -0.882. The largest absolute Gasteiger partial charge is 0.306 e. The summed E-state index contributed by atoms with van der Waals surface area (Å²) < 4.78 is 0. The van der Waals surface area contributed by atoms with Gasteiger partial charge in [0.1, 0.15) is 0 Å². The third-order valence-corrected chi connectivity index (χ3v) is 11.5. The minimum atomic E-state index is -0.224. The van der Waals surface area contributed by atoms with Crippen LogP contribution >= 0.6 is 0 Å². The number of amides is 4. The second-order valence-electron chi connectivity index (χ2n) is 14.6. The lowest BCUT2D eigenvalue weighted by atomic mass is 9.82. The highest BCUT2D eigenvalue weighted by Crippen LogP contribution is 2.46. The number of hydrogen-bond acceptors (Lipinski definition) is 5. The van der Waals surface area contributed by atoms with Gasteiger partial charge in [-0.3, -0.25) is 29.0 Å². The second kappa shape index (κ2) is 12.8. The Hall–Kier alpha value is -4.36. The molecule has 5 aromatic carbocycles. The van der Waals surface area contributed by atoms with Crippen LogP contribution in [0, 0.1) is 0 Å². The topological polar surface area (TPSA) is 78.0 Å². The third-order valence-electron chi connectivity index (χ3n) is 11.5. The van der Waals surface area contributed by atoms with Gasteiger partial charge in [0.15, 0.2) is 0 Å². The van der Waals surface area contributed by atoms with Gasteiger partial charge in [-0.05, 0) is 96.0 Å². The minimum absolute atomic E-state index is 0.108. The Labute approximate surface area is 287 Å². The van der Waals surface area contributed by atoms with Crippen LogP contribution in [0.1, 0.15) is 125 Å². The van der Waals surface area contributed by atoms with Crippen LogP contribution in [0.4, 0.5) is 0 Å². The fraction of sp³-hybridized carbons (Fsp3) is 0.429. The van der Waals surface area contributed by atoms with Crippen LogP contribution in [-0.2, 0) is 0 Å². The van der Waals surface area contributed by atoms with E-state index < -0.39 is 0 Å². The molecule has 1 saturated heterocycles. The van der Waals surface area contributed by atoms with Crippen molar-refractivity contribution in [2.24, 2.45) is 0 Å². The molecule has 0 aromatic heterocycles. The van der Waals surface area contributed by atoms with Crippen molar-refractivity contribution in [3.05, 3.63) is 70.8 Å². The molecular weight excluding hydrogens is 610 g/mol. The van der Waals surface area contributed by atoms with Gasteiger partial charge in [-0.15, -0.1) is 0 Å². The first-order valence-corrected chi connectivity index (χ1v) is 18.5. The normalized spacial score (nSPS) is 17.3. The average Bonchev–Trinajstić information content (AvgIpc) is 3.11. The van der Waals surface area contributed by atoms with Crippen LogP contribution in [0.25, 0.3) is 43.1 Å². The maximum absolute atomic E-state index is 14.0. The molecule has 7 heteroatoms. The Balaban J connectivity index is 1.11. The number of likely N-dealkylation sites (tertiary alicyclic amines) is 1. The predicted molar refractivity (Wildman–Crippen MR) is 196 cm³/mol. The number of carbonyl (C=O) groups is 4. The zero-order chi connectivity index (χ0) is 33.8. The van der Waals surface area contributed by atoms with Crippen LogP contribution in [0.2, 0.25) is 0 Å². The van der Waals surface area contributed by atoms with Gasteiger partial charge in [0.2, 0.25) is 0 Å². The van der Waals surface area contributed by atoms with Crippen LogP contribution in [0.3, 0.4) is 0 Å². The molecule has 0 N–H and O–H groups in total. The summed E-state index contributed by atoms with van der Waals surface area (Å²) in [5.41, 5.74) is 2.26. The molecule has 3 aliphatic heterocycles. The highest BCUT2D eigenvalue weighted by molar-refractivity contribution is 6.41. The van der Waals surface area contributed by atoms with E-state index >= 15 is 0 Å². The molecule has 0 unspecified atom stereocenters. The van der Waals surface area contributed by atoms with Gasteiger partial charge in [0.05, 0.1) is 0 Å². The van der Waals surface area contributed by atoms with Crippen molar-refractivity contribution < 1.29 is 19.2 Å². The van der Waals surface area contributed by atoms with Gasteiger partial charge in [0.25, 0.3) is 23.6 Å². The summed E-state index contributed by atoms with van der Waals surface area (Å²) in [6.07, 6.45) is 13.5. The van der Waals surface area contributed by atoms with E-state index in [-0.39, 0.29) is 29.7 Å². The van der Waals surface area contributed by atoms with Gasteiger partial charge in [-0.1, -0.05) is 89.0 Å². The number of unbranched alkanes of at least 4 members (excludes halogenated alkanes) is 9. The summed E-state index contributed by atoms with van der Waals surface area (Å²) in [6, 6.07) is 15.3. The molecule has 0 saturated carbocycles. The molecule has 3 aliphatic rings. The number of nitrogens with zero attached hydrogens (tertiary/aromatic N) is 3. The maximum atomic E-state index is 14.0. The van der Waals surface area contributed by atoms with E-state index in [0.717, 1.165) is 77.5 Å². The molecule has 7 nitrogen and oxygen atoms in total. The molecule has 5 aromatic rings. The second-order valence-corrected chi connectivity index (χ2v) is 14.6. The van der Waals surface area contributed by atoms with E-state index in [0.29, 0.717) is 39.6 Å². The molecule has 3 heterocycles. The van der Waals surface area contributed by atoms with E-state index in [9.17, 15) is 19.2 Å². The van der Waals surface area contributed by atoms with Crippen molar-refractivity contribution in [3.63, 3.8) is 0 Å². The molecule has 0 spiro atoms. The van der Waals surface area contributed by atoms with E-state index in [1.165, 1.54) is 54.7 Å². The summed E-state index contributed by atoms with van der Waals surface area (Å²) in [7, 11) is 2.07. The highest BCUT2D eigenvalue weighted by atomic mass is 16.2. The summed E-state index contributed by atoms with van der Waals surface area (Å²) in [5, 5.41) is 6.91. The maximum Gasteiger partial charge on any atom is 0.261 e. The first-order chi connectivity index (χ1) is 23.9. The Morgan fingerprint density at radius 3 is 1.33 bits per heavy atom. The number of benzene rings is 5. The SMILES string of the molecule is CCCCCCCCCCCCN1C(=O)c2ccc3c4ccc5c6c(ccc(c7ccc(c2c37)C1=O)c64)C(=O)N(C1CCN(C)CC1)C5=O. The van der Waals surface area contributed by atoms with E-state index in [4.69, 9.17) is 0 Å². The van der Waals surface area contributed by atoms with Gasteiger partial charge in [0, 0.05) is 45.6 Å². The Kier molecular flexibility index (Phi) is 8.35. The minimum Gasteiger partial charge on any atom is -0.306 e. The van der Waals surface area contributed by atoms with Crippen LogP contribution in [0.5, 0.6) is 0 Å². The molecule has 252 valence electrons. The van der Waals surface area contributed by atoms with Crippen molar-refractivity contribution in [1.82, 2.24) is 14.7 Å². The molecule has 0 bridgehead atoms. The van der Waals surface area contributed by atoms with Crippen molar-refractivity contribution in [2.45, 2.75) is 90.0 Å². The van der Waals surface area contributed by atoms with Gasteiger partial charge in [-0.25, -0.2) is 0 Å². The third kappa shape index (κ3) is 5.11. The molecule has 1 fully saturated rings. The standard InChI is InChI=1S/C42H45N3O4/c1-3-4-5-6-7-8-9-10-11-12-23-44-39(46)31-17-13-27-29-15-19-33-38-34(42(49)45(41(33)48)26-21-24-43(2)25-22-26)20-16-30(36(29)38)28-14-18-32(40(44)47)37(31)35(27)28/h13-20,26H,3-12,21-25H2,1-2H3.